The molecule has 4 heterocycles. The molecule has 5 rings (SSSR count). The molecule has 1 amide bonds. The van der Waals surface area contributed by atoms with Gasteiger partial charge in [-0.15, -0.1) is 0 Å². The van der Waals surface area contributed by atoms with E-state index in [1.807, 2.05) is 54.4 Å². The highest BCUT2D eigenvalue weighted by molar-refractivity contribution is 14.1. The summed E-state index contributed by atoms with van der Waals surface area (Å²) in [5.41, 5.74) is 4.91. The standard InChI is InChI=1S/C23H21IN4O4S/c1-23(2,3)28(24)22(29)20-17-11-31-19-8-18(30-4)15(13-9-25-32-10-13)7-16(19)21(17)27(26-20)14-5-6-33-12-14/h5-10,12H,11H2,1-4H3. The topological polar surface area (TPSA) is 82.6 Å². The first-order valence-corrected chi connectivity index (χ1v) is 12.1. The molecule has 1 aromatic carbocycles. The molecule has 1 aliphatic heterocycles. The van der Waals surface area contributed by atoms with Crippen LogP contribution in [0.3, 0.4) is 0 Å². The second-order valence-electron chi connectivity index (χ2n) is 8.58. The number of aromatic nitrogens is 3. The van der Waals surface area contributed by atoms with Crippen molar-refractivity contribution in [3.63, 3.8) is 0 Å². The van der Waals surface area contributed by atoms with E-state index in [0.29, 0.717) is 17.2 Å². The summed E-state index contributed by atoms with van der Waals surface area (Å²) in [6.45, 7) is 6.20. The Hall–Kier alpha value is -2.86. The predicted molar refractivity (Wildman–Crippen MR) is 133 cm³/mol. The predicted octanol–water partition coefficient (Wildman–Crippen LogP) is 5.75. The van der Waals surface area contributed by atoms with Crippen molar-refractivity contribution >= 4 is 40.1 Å². The zero-order valence-corrected chi connectivity index (χ0v) is 21.4. The van der Waals surface area contributed by atoms with Gasteiger partial charge in [-0.25, -0.2) is 4.68 Å². The van der Waals surface area contributed by atoms with E-state index in [-0.39, 0.29) is 18.1 Å². The van der Waals surface area contributed by atoms with Crippen LogP contribution in [0, 0.1) is 0 Å². The van der Waals surface area contributed by atoms with Crippen LogP contribution in [0.15, 0.2) is 45.9 Å². The summed E-state index contributed by atoms with van der Waals surface area (Å²) in [7, 11) is 1.61. The molecule has 0 N–H and O–H groups in total. The Morgan fingerprint density at radius 1 is 1.30 bits per heavy atom. The summed E-state index contributed by atoms with van der Waals surface area (Å²) in [6, 6.07) is 5.81. The van der Waals surface area contributed by atoms with E-state index >= 15 is 0 Å². The third-order valence-corrected chi connectivity index (χ3v) is 7.93. The average Bonchev–Trinajstić information content (AvgIpc) is 3.56. The number of hydrogen-bond donors (Lipinski definition) is 0. The minimum Gasteiger partial charge on any atom is -0.496 e. The van der Waals surface area contributed by atoms with E-state index in [1.165, 1.54) is 0 Å². The first-order valence-electron chi connectivity index (χ1n) is 10.2. The Kier molecular flexibility index (Phi) is 5.44. The van der Waals surface area contributed by atoms with Crippen LogP contribution in [0.1, 0.15) is 36.8 Å². The summed E-state index contributed by atoms with van der Waals surface area (Å²) in [5.74, 6) is 1.15. The SMILES string of the molecule is COc1cc2c(cc1-c1cnoc1)-c1c(c(C(=O)N(I)C(C)(C)C)nn1-c1ccsc1)CO2. The van der Waals surface area contributed by atoms with Crippen LogP contribution in [0.4, 0.5) is 0 Å². The van der Waals surface area contributed by atoms with Gasteiger partial charge in [-0.2, -0.15) is 16.4 Å². The summed E-state index contributed by atoms with van der Waals surface area (Å²) in [4.78, 5) is 13.5. The maximum Gasteiger partial charge on any atom is 0.283 e. The van der Waals surface area contributed by atoms with E-state index in [2.05, 4.69) is 28.0 Å². The highest BCUT2D eigenvalue weighted by Crippen LogP contribution is 2.46. The van der Waals surface area contributed by atoms with Gasteiger partial charge >= 0.3 is 0 Å². The molecule has 3 aromatic heterocycles. The molecule has 4 aromatic rings. The molecule has 33 heavy (non-hydrogen) atoms. The molecule has 0 aliphatic carbocycles. The second kappa shape index (κ2) is 8.17. The molecule has 0 spiro atoms. The monoisotopic (exact) mass is 576 g/mol. The summed E-state index contributed by atoms with van der Waals surface area (Å²) in [5, 5.41) is 12.6. The van der Waals surface area contributed by atoms with Crippen molar-refractivity contribution in [2.45, 2.75) is 32.9 Å². The highest BCUT2D eigenvalue weighted by atomic mass is 127. The molecule has 0 unspecified atom stereocenters. The maximum atomic E-state index is 13.5. The number of hydrogen-bond acceptors (Lipinski definition) is 7. The number of halogens is 1. The molecular weight excluding hydrogens is 555 g/mol. The largest absolute Gasteiger partial charge is 0.496 e. The van der Waals surface area contributed by atoms with Crippen molar-refractivity contribution in [1.82, 2.24) is 18.1 Å². The van der Waals surface area contributed by atoms with E-state index < -0.39 is 0 Å². The van der Waals surface area contributed by atoms with Crippen molar-refractivity contribution in [1.29, 1.82) is 0 Å². The Labute approximate surface area is 208 Å². The number of ether oxygens (including phenoxy) is 2. The number of nitrogens with zero attached hydrogens (tertiary/aromatic N) is 4. The van der Waals surface area contributed by atoms with E-state index in [4.69, 9.17) is 19.1 Å². The summed E-state index contributed by atoms with van der Waals surface area (Å²) >= 11 is 3.63. The van der Waals surface area contributed by atoms with Crippen LogP contribution in [-0.4, -0.2) is 36.6 Å². The van der Waals surface area contributed by atoms with Gasteiger partial charge < -0.3 is 14.0 Å². The highest BCUT2D eigenvalue weighted by Gasteiger charge is 2.35. The smallest absolute Gasteiger partial charge is 0.283 e. The summed E-state index contributed by atoms with van der Waals surface area (Å²) in [6.07, 6.45) is 3.20. The van der Waals surface area contributed by atoms with Gasteiger partial charge in [-0.05, 0) is 38.3 Å². The first kappa shape index (κ1) is 22.0. The average molecular weight is 576 g/mol. The molecule has 0 saturated carbocycles. The minimum absolute atomic E-state index is 0.159. The van der Waals surface area contributed by atoms with E-state index in [0.717, 1.165) is 33.6 Å². The van der Waals surface area contributed by atoms with Gasteiger partial charge in [0.25, 0.3) is 5.91 Å². The Bertz CT molecular complexity index is 1320. The second-order valence-corrected chi connectivity index (χ2v) is 10.3. The molecule has 170 valence electrons. The van der Waals surface area contributed by atoms with Crippen molar-refractivity contribution in [3.05, 3.63) is 52.7 Å². The number of benzene rings is 1. The lowest BCUT2D eigenvalue weighted by Gasteiger charge is -2.29. The molecule has 0 atom stereocenters. The lowest BCUT2D eigenvalue weighted by Crippen LogP contribution is -2.38. The molecule has 10 heteroatoms. The molecule has 0 radical (unpaired) electrons. The third-order valence-electron chi connectivity index (χ3n) is 5.38. The fourth-order valence-corrected chi connectivity index (χ4v) is 4.59. The lowest BCUT2D eigenvalue weighted by atomic mass is 9.97. The van der Waals surface area contributed by atoms with Gasteiger partial charge in [0.05, 0.1) is 47.6 Å². The zero-order valence-electron chi connectivity index (χ0n) is 18.5. The maximum absolute atomic E-state index is 13.5. The van der Waals surface area contributed by atoms with Gasteiger partial charge in [-0.1, -0.05) is 5.16 Å². The number of fused-ring (bicyclic) bond motifs is 3. The van der Waals surface area contributed by atoms with Crippen molar-refractivity contribution in [3.8, 4) is 39.6 Å². The number of carbonyl (C=O) groups excluding carboxylic acids is 1. The lowest BCUT2D eigenvalue weighted by molar-refractivity contribution is 0.0810. The van der Waals surface area contributed by atoms with Crippen LogP contribution in [-0.2, 0) is 6.61 Å². The number of methoxy groups -OCH3 is 1. The Morgan fingerprint density at radius 3 is 2.76 bits per heavy atom. The van der Waals surface area contributed by atoms with Crippen molar-refractivity contribution in [2.75, 3.05) is 7.11 Å². The van der Waals surface area contributed by atoms with Crippen LogP contribution in [0.5, 0.6) is 11.5 Å². The van der Waals surface area contributed by atoms with Crippen LogP contribution < -0.4 is 9.47 Å². The van der Waals surface area contributed by atoms with Gasteiger partial charge in [0.15, 0.2) is 5.69 Å². The van der Waals surface area contributed by atoms with E-state index in [1.54, 1.807) is 34.0 Å². The quantitative estimate of drug-likeness (QED) is 0.228. The first-order chi connectivity index (χ1) is 15.8. The van der Waals surface area contributed by atoms with Crippen LogP contribution in [0.2, 0.25) is 0 Å². The number of amides is 1. The molecular formula is C23H21IN4O4S. The normalized spacial score (nSPS) is 12.6. The fourth-order valence-electron chi connectivity index (χ4n) is 3.75. The molecule has 1 aliphatic rings. The van der Waals surface area contributed by atoms with Gasteiger partial charge in [0.2, 0.25) is 0 Å². The van der Waals surface area contributed by atoms with Gasteiger partial charge in [0, 0.05) is 39.2 Å². The van der Waals surface area contributed by atoms with Gasteiger partial charge in [0.1, 0.15) is 24.4 Å². The number of rotatable bonds is 4. The summed E-state index contributed by atoms with van der Waals surface area (Å²) < 4.78 is 20.3. The van der Waals surface area contributed by atoms with Gasteiger partial charge in [-0.3, -0.25) is 7.91 Å². The van der Waals surface area contributed by atoms with Crippen LogP contribution in [0.25, 0.3) is 28.1 Å². The molecule has 0 fully saturated rings. The van der Waals surface area contributed by atoms with Crippen LogP contribution >= 0.6 is 34.2 Å². The third kappa shape index (κ3) is 3.70. The molecule has 0 saturated heterocycles. The van der Waals surface area contributed by atoms with E-state index in [9.17, 15) is 4.79 Å². The number of thiophene rings is 1. The number of carbonyl (C=O) groups is 1. The Balaban J connectivity index is 1.75. The van der Waals surface area contributed by atoms with Crippen molar-refractivity contribution < 1.29 is 18.8 Å². The zero-order chi connectivity index (χ0) is 23.3. The molecule has 8 nitrogen and oxygen atoms in total. The van der Waals surface area contributed by atoms with Crippen molar-refractivity contribution in [2.24, 2.45) is 0 Å². The fraction of sp³-hybridized carbons (Fsp3) is 0.261. The molecule has 0 bridgehead atoms. The Morgan fingerprint density at radius 2 is 2.12 bits per heavy atom. The minimum atomic E-state index is -0.362.